The van der Waals surface area contributed by atoms with Gasteiger partial charge in [-0.15, -0.1) is 0 Å². The molecule has 0 aliphatic carbocycles. The van der Waals surface area contributed by atoms with Crippen molar-refractivity contribution in [2.75, 3.05) is 44.2 Å². The number of nitrogens with zero attached hydrogens (tertiary/aromatic N) is 5. The van der Waals surface area contributed by atoms with Gasteiger partial charge < -0.3 is 9.64 Å². The maximum atomic E-state index is 14.3. The zero-order valence-corrected chi connectivity index (χ0v) is 13.4. The Morgan fingerprint density at radius 3 is 2.35 bits per heavy atom. The maximum absolute atomic E-state index is 14.3. The zero-order chi connectivity index (χ0) is 16.8. The first-order valence-corrected chi connectivity index (χ1v) is 7.64. The molecule has 1 aliphatic heterocycles. The molecule has 1 aromatic rings. The number of benzene rings is 1. The summed E-state index contributed by atoms with van der Waals surface area (Å²) in [6, 6.07) is 2.77. The fourth-order valence-corrected chi connectivity index (χ4v) is 2.64. The van der Waals surface area contributed by atoms with Crippen LogP contribution in [0.4, 0.5) is 14.5 Å². The first-order valence-electron chi connectivity index (χ1n) is 7.64. The van der Waals surface area contributed by atoms with Crippen LogP contribution >= 0.6 is 0 Å². The van der Waals surface area contributed by atoms with E-state index >= 15 is 0 Å². The summed E-state index contributed by atoms with van der Waals surface area (Å²) < 4.78 is 33.7. The fraction of sp³-hybridized carbons (Fsp3) is 0.600. The van der Waals surface area contributed by atoms with Crippen LogP contribution < -0.4 is 9.64 Å². The minimum absolute atomic E-state index is 0.00389. The molecule has 1 saturated heterocycles. The molecule has 0 N–H and O–H groups in total. The summed E-state index contributed by atoms with van der Waals surface area (Å²) >= 11 is 0. The lowest BCUT2D eigenvalue weighted by Gasteiger charge is -2.38. The normalized spacial score (nSPS) is 15.6. The van der Waals surface area contributed by atoms with E-state index in [1.165, 1.54) is 12.1 Å². The largest absolute Gasteiger partial charge is 0.493 e. The fourth-order valence-electron chi connectivity index (χ4n) is 2.64. The van der Waals surface area contributed by atoms with Crippen LogP contribution in [0.15, 0.2) is 17.2 Å². The van der Waals surface area contributed by atoms with Gasteiger partial charge in [0.2, 0.25) is 0 Å². The molecule has 1 heterocycles. The van der Waals surface area contributed by atoms with Crippen molar-refractivity contribution in [2.45, 2.75) is 19.9 Å². The van der Waals surface area contributed by atoms with Crippen LogP contribution in [0.25, 0.3) is 10.4 Å². The first-order chi connectivity index (χ1) is 11.0. The molecule has 0 amide bonds. The van der Waals surface area contributed by atoms with Crippen LogP contribution in [-0.2, 0) is 0 Å². The van der Waals surface area contributed by atoms with E-state index in [9.17, 15) is 8.78 Å². The summed E-state index contributed by atoms with van der Waals surface area (Å²) in [5.41, 5.74) is 8.16. The molecule has 1 fully saturated rings. The summed E-state index contributed by atoms with van der Waals surface area (Å²) in [6.45, 7) is 7.14. The number of anilines is 1. The summed E-state index contributed by atoms with van der Waals surface area (Å²) in [7, 11) is 0. The molecule has 1 aliphatic rings. The van der Waals surface area contributed by atoms with Crippen molar-refractivity contribution in [3.63, 3.8) is 0 Å². The van der Waals surface area contributed by atoms with E-state index in [0.29, 0.717) is 19.1 Å². The quantitative estimate of drug-likeness (QED) is 0.349. The second-order valence-corrected chi connectivity index (χ2v) is 5.66. The van der Waals surface area contributed by atoms with Crippen molar-refractivity contribution in [1.82, 2.24) is 4.90 Å². The summed E-state index contributed by atoms with van der Waals surface area (Å²) in [5.74, 6) is -1.18. The third kappa shape index (κ3) is 4.46. The first kappa shape index (κ1) is 17.3. The molecule has 0 atom stereocenters. The Balaban J connectivity index is 2.04. The van der Waals surface area contributed by atoms with Gasteiger partial charge in [0.05, 0.1) is 13.2 Å². The molecule has 0 radical (unpaired) electrons. The van der Waals surface area contributed by atoms with Gasteiger partial charge in [0.1, 0.15) is 11.4 Å². The molecule has 0 unspecified atom stereocenters. The lowest BCUT2D eigenvalue weighted by molar-refractivity contribution is 0.208. The van der Waals surface area contributed by atoms with Gasteiger partial charge in [-0.05, 0) is 19.4 Å². The summed E-state index contributed by atoms with van der Waals surface area (Å²) in [5, 5.41) is 3.30. The molecule has 1 aromatic carbocycles. The molecule has 126 valence electrons. The molecule has 0 bridgehead atoms. The van der Waals surface area contributed by atoms with Crippen LogP contribution in [0, 0.1) is 11.6 Å². The minimum atomic E-state index is -0.637. The Kier molecular flexibility index (Phi) is 6.01. The maximum Gasteiger partial charge on any atom is 0.153 e. The van der Waals surface area contributed by atoms with E-state index in [-0.39, 0.29) is 24.6 Å². The Labute approximate surface area is 134 Å². The van der Waals surface area contributed by atoms with Gasteiger partial charge in [0.15, 0.2) is 11.6 Å². The lowest BCUT2D eigenvalue weighted by Crippen LogP contribution is -2.49. The average molecular weight is 325 g/mol. The van der Waals surface area contributed by atoms with E-state index in [2.05, 4.69) is 28.8 Å². The number of hydrogen-bond acceptors (Lipinski definition) is 4. The molecule has 0 saturated carbocycles. The van der Waals surface area contributed by atoms with Crippen LogP contribution in [0.1, 0.15) is 13.8 Å². The van der Waals surface area contributed by atoms with Gasteiger partial charge in [-0.3, -0.25) is 4.90 Å². The molecule has 23 heavy (non-hydrogen) atoms. The van der Waals surface area contributed by atoms with Gasteiger partial charge in [-0.1, -0.05) is 5.11 Å². The van der Waals surface area contributed by atoms with Crippen molar-refractivity contribution in [2.24, 2.45) is 5.11 Å². The van der Waals surface area contributed by atoms with Gasteiger partial charge in [-0.2, -0.15) is 0 Å². The predicted octanol–water partition coefficient (Wildman–Crippen LogP) is 3.18. The van der Waals surface area contributed by atoms with Crippen LogP contribution in [0.3, 0.4) is 0 Å². The summed E-state index contributed by atoms with van der Waals surface area (Å²) in [6.07, 6.45) is 0. The van der Waals surface area contributed by atoms with Gasteiger partial charge in [-0.25, -0.2) is 8.78 Å². The minimum Gasteiger partial charge on any atom is -0.493 e. The van der Waals surface area contributed by atoms with E-state index in [1.54, 1.807) is 4.90 Å². The number of piperazine rings is 1. The van der Waals surface area contributed by atoms with E-state index < -0.39 is 11.6 Å². The molecule has 2 rings (SSSR count). The molecular weight excluding hydrogens is 304 g/mol. The SMILES string of the molecule is CC(C)N1CCN(c2c(F)cc(OCCN=[N+]=[N-])cc2F)CC1. The molecule has 0 spiro atoms. The second-order valence-electron chi connectivity index (χ2n) is 5.66. The highest BCUT2D eigenvalue weighted by atomic mass is 19.1. The van der Waals surface area contributed by atoms with Gasteiger partial charge in [0.25, 0.3) is 0 Å². The molecule has 6 nitrogen and oxygen atoms in total. The van der Waals surface area contributed by atoms with Crippen molar-refractivity contribution in [3.8, 4) is 5.75 Å². The van der Waals surface area contributed by atoms with E-state index in [4.69, 9.17) is 10.3 Å². The monoisotopic (exact) mass is 325 g/mol. The van der Waals surface area contributed by atoms with E-state index in [0.717, 1.165) is 13.1 Å². The van der Waals surface area contributed by atoms with E-state index in [1.807, 2.05) is 0 Å². The number of halogens is 2. The highest BCUT2D eigenvalue weighted by Gasteiger charge is 2.24. The standard InChI is InChI=1S/C15H21F2N5O/c1-11(2)21-4-6-22(7-5-21)15-13(16)9-12(10-14(15)17)23-8-3-19-20-18/h9-11H,3-8H2,1-2H3. The Morgan fingerprint density at radius 1 is 1.22 bits per heavy atom. The lowest BCUT2D eigenvalue weighted by atomic mass is 10.2. The van der Waals surface area contributed by atoms with Crippen molar-refractivity contribution < 1.29 is 13.5 Å². The van der Waals surface area contributed by atoms with Crippen molar-refractivity contribution in [3.05, 3.63) is 34.2 Å². The molecule has 0 aromatic heterocycles. The summed E-state index contributed by atoms with van der Waals surface area (Å²) in [4.78, 5) is 6.59. The smallest absolute Gasteiger partial charge is 0.153 e. The molecular formula is C15H21F2N5O. The highest BCUT2D eigenvalue weighted by Crippen LogP contribution is 2.29. The Bertz CT molecular complexity index is 558. The third-order valence-electron chi connectivity index (χ3n) is 3.87. The van der Waals surface area contributed by atoms with Crippen LogP contribution in [0.2, 0.25) is 0 Å². The number of ether oxygens (including phenoxy) is 1. The van der Waals surface area contributed by atoms with Crippen molar-refractivity contribution >= 4 is 5.69 Å². The average Bonchev–Trinajstić information content (AvgIpc) is 2.51. The third-order valence-corrected chi connectivity index (χ3v) is 3.87. The number of rotatable bonds is 6. The topological polar surface area (TPSA) is 64.5 Å². The Hall–Kier alpha value is -2.05. The second kappa shape index (κ2) is 7.99. The zero-order valence-electron chi connectivity index (χ0n) is 13.4. The predicted molar refractivity (Wildman–Crippen MR) is 84.8 cm³/mol. The Morgan fingerprint density at radius 2 is 1.83 bits per heavy atom. The van der Waals surface area contributed by atoms with Crippen LogP contribution in [0.5, 0.6) is 5.75 Å². The number of hydrogen-bond donors (Lipinski definition) is 0. The number of azide groups is 1. The van der Waals surface area contributed by atoms with Gasteiger partial charge in [0, 0.05) is 49.3 Å². The molecule has 8 heteroatoms. The van der Waals surface area contributed by atoms with Crippen LogP contribution in [-0.4, -0.2) is 50.3 Å². The highest BCUT2D eigenvalue weighted by molar-refractivity contribution is 5.52. The van der Waals surface area contributed by atoms with Crippen molar-refractivity contribution in [1.29, 1.82) is 0 Å². The van der Waals surface area contributed by atoms with Gasteiger partial charge >= 0.3 is 0 Å².